The number of likely N-dealkylation sites (tertiary alicyclic amines) is 1. The van der Waals surface area contributed by atoms with E-state index in [4.69, 9.17) is 25.8 Å². The highest BCUT2D eigenvalue weighted by Gasteiger charge is 2.29. The van der Waals surface area contributed by atoms with Gasteiger partial charge < -0.3 is 24.0 Å². The molecule has 0 aliphatic carbocycles. The first-order valence-electron chi connectivity index (χ1n) is 10.0. The zero-order valence-electron chi connectivity index (χ0n) is 17.9. The molecule has 0 saturated carbocycles. The molecule has 1 aromatic rings. The number of nitrogens with zero attached hydrogens (tertiary/aromatic N) is 2. The van der Waals surface area contributed by atoms with Crippen LogP contribution in [0.2, 0.25) is 5.02 Å². The second-order valence-corrected chi connectivity index (χ2v) is 7.40. The molecule has 0 aromatic heterocycles. The fraction of sp³-hybridized carbons (Fsp3) is 0.571. The number of piperidine rings is 1. The fourth-order valence-corrected chi connectivity index (χ4v) is 3.61. The first kappa shape index (κ1) is 23.8. The Morgan fingerprint density at radius 3 is 2.40 bits per heavy atom. The van der Waals surface area contributed by atoms with Crippen LogP contribution in [-0.2, 0) is 14.3 Å². The van der Waals surface area contributed by atoms with E-state index < -0.39 is 0 Å². The van der Waals surface area contributed by atoms with Gasteiger partial charge in [-0.3, -0.25) is 14.4 Å². The number of ether oxygens (including phenoxy) is 3. The molecule has 0 spiro atoms. The molecule has 1 heterocycles. The summed E-state index contributed by atoms with van der Waals surface area (Å²) in [7, 11) is 3.03. The van der Waals surface area contributed by atoms with Crippen LogP contribution >= 0.6 is 11.6 Å². The van der Waals surface area contributed by atoms with Gasteiger partial charge in [0.05, 0.1) is 37.8 Å². The fourth-order valence-electron chi connectivity index (χ4n) is 3.35. The van der Waals surface area contributed by atoms with Gasteiger partial charge in [0.15, 0.2) is 11.5 Å². The van der Waals surface area contributed by atoms with E-state index in [2.05, 4.69) is 0 Å². The minimum atomic E-state index is -0.354. The molecule has 1 aromatic carbocycles. The molecule has 1 fully saturated rings. The van der Waals surface area contributed by atoms with E-state index in [0.29, 0.717) is 56.2 Å². The maximum atomic E-state index is 12.8. The van der Waals surface area contributed by atoms with Crippen LogP contribution < -0.4 is 9.47 Å². The van der Waals surface area contributed by atoms with Crippen molar-refractivity contribution in [3.63, 3.8) is 0 Å². The van der Waals surface area contributed by atoms with Crippen molar-refractivity contribution in [2.75, 3.05) is 47.0 Å². The predicted octanol–water partition coefficient (Wildman–Crippen LogP) is 2.62. The summed E-state index contributed by atoms with van der Waals surface area (Å²) in [6, 6.07) is 3.05. The van der Waals surface area contributed by atoms with Crippen LogP contribution in [0, 0.1) is 5.92 Å². The summed E-state index contributed by atoms with van der Waals surface area (Å²) in [5.74, 6) is -0.176. The van der Waals surface area contributed by atoms with Gasteiger partial charge in [-0.25, -0.2) is 0 Å². The Hall–Kier alpha value is -2.48. The topological polar surface area (TPSA) is 85.4 Å². The second-order valence-electron chi connectivity index (χ2n) is 6.99. The molecular formula is C21H29ClN2O6. The van der Waals surface area contributed by atoms with Crippen molar-refractivity contribution < 1.29 is 28.6 Å². The Morgan fingerprint density at radius 1 is 1.17 bits per heavy atom. The van der Waals surface area contributed by atoms with E-state index >= 15 is 0 Å². The molecule has 0 N–H and O–H groups in total. The largest absolute Gasteiger partial charge is 0.493 e. The van der Waals surface area contributed by atoms with E-state index in [9.17, 15) is 14.4 Å². The monoisotopic (exact) mass is 440 g/mol. The smallest absolute Gasteiger partial charge is 0.309 e. The molecule has 166 valence electrons. The van der Waals surface area contributed by atoms with Crippen molar-refractivity contribution in [3.8, 4) is 11.5 Å². The summed E-state index contributed by atoms with van der Waals surface area (Å²) in [6.45, 7) is 5.21. The maximum absolute atomic E-state index is 12.8. The molecule has 0 bridgehead atoms. The van der Waals surface area contributed by atoms with Crippen molar-refractivity contribution in [3.05, 3.63) is 22.7 Å². The van der Waals surface area contributed by atoms with Gasteiger partial charge in [0.25, 0.3) is 5.91 Å². The van der Waals surface area contributed by atoms with Crippen molar-refractivity contribution in [2.24, 2.45) is 5.92 Å². The van der Waals surface area contributed by atoms with Crippen molar-refractivity contribution >= 4 is 29.4 Å². The van der Waals surface area contributed by atoms with Crippen LogP contribution in [0.1, 0.15) is 37.0 Å². The molecule has 1 aliphatic heterocycles. The lowest BCUT2D eigenvalue weighted by atomic mass is 9.97. The van der Waals surface area contributed by atoms with E-state index in [1.54, 1.807) is 24.9 Å². The van der Waals surface area contributed by atoms with Gasteiger partial charge in [-0.05, 0) is 38.8 Å². The molecule has 2 rings (SSSR count). The quantitative estimate of drug-likeness (QED) is 0.577. The predicted molar refractivity (Wildman–Crippen MR) is 112 cm³/mol. The number of halogens is 1. The molecule has 9 heteroatoms. The zero-order chi connectivity index (χ0) is 22.3. The SMILES string of the molecule is CCOC(=O)C1CCN(C(=O)CN(C)C(=O)c2cc(Cl)c(OCC)c(OC)c2)CC1. The summed E-state index contributed by atoms with van der Waals surface area (Å²) in [5, 5.41) is 0.264. The summed E-state index contributed by atoms with van der Waals surface area (Å²) in [5.41, 5.74) is 0.302. The molecule has 8 nitrogen and oxygen atoms in total. The van der Waals surface area contributed by atoms with Gasteiger partial charge in [-0.15, -0.1) is 0 Å². The van der Waals surface area contributed by atoms with Gasteiger partial charge >= 0.3 is 5.97 Å². The summed E-state index contributed by atoms with van der Waals surface area (Å²) >= 11 is 6.24. The van der Waals surface area contributed by atoms with Gasteiger partial charge in [-0.2, -0.15) is 0 Å². The highest BCUT2D eigenvalue weighted by Crippen LogP contribution is 2.36. The normalized spacial score (nSPS) is 14.2. The Labute approximate surface area is 182 Å². The number of methoxy groups -OCH3 is 1. The summed E-state index contributed by atoms with van der Waals surface area (Å²) in [6.07, 6.45) is 1.13. The standard InChI is InChI=1S/C21H29ClN2O6/c1-5-29-19-16(22)11-15(12-17(19)28-4)20(26)23(3)13-18(25)24-9-7-14(8-10-24)21(27)30-6-2/h11-12,14H,5-10,13H2,1-4H3. The van der Waals surface area contributed by atoms with E-state index in [-0.39, 0.29) is 35.3 Å². The van der Waals surface area contributed by atoms with Crippen LogP contribution in [0.3, 0.4) is 0 Å². The number of carbonyl (C=O) groups excluding carboxylic acids is 3. The maximum Gasteiger partial charge on any atom is 0.309 e. The van der Waals surface area contributed by atoms with Crippen LogP contribution in [0.5, 0.6) is 11.5 Å². The molecular weight excluding hydrogens is 412 g/mol. The highest BCUT2D eigenvalue weighted by atomic mass is 35.5. The third-order valence-electron chi connectivity index (χ3n) is 4.95. The third-order valence-corrected chi connectivity index (χ3v) is 5.23. The molecule has 0 unspecified atom stereocenters. The lowest BCUT2D eigenvalue weighted by Gasteiger charge is -2.32. The Morgan fingerprint density at radius 2 is 1.83 bits per heavy atom. The van der Waals surface area contributed by atoms with Gasteiger partial charge in [0.1, 0.15) is 0 Å². The molecule has 0 radical (unpaired) electrons. The molecule has 1 aliphatic rings. The first-order valence-corrected chi connectivity index (χ1v) is 10.4. The van der Waals surface area contributed by atoms with Crippen molar-refractivity contribution in [2.45, 2.75) is 26.7 Å². The number of esters is 1. The van der Waals surface area contributed by atoms with Crippen LogP contribution in [-0.4, -0.2) is 74.6 Å². The average molecular weight is 441 g/mol. The van der Waals surface area contributed by atoms with E-state index in [1.165, 1.54) is 18.1 Å². The molecule has 0 atom stereocenters. The van der Waals surface area contributed by atoms with Crippen molar-refractivity contribution in [1.29, 1.82) is 0 Å². The van der Waals surface area contributed by atoms with E-state index in [0.717, 1.165) is 0 Å². The van der Waals surface area contributed by atoms with Gasteiger partial charge in [0.2, 0.25) is 5.91 Å². The lowest BCUT2D eigenvalue weighted by molar-refractivity contribution is -0.151. The Kier molecular flexibility index (Phi) is 8.77. The number of amides is 2. The van der Waals surface area contributed by atoms with Gasteiger partial charge in [0, 0.05) is 25.7 Å². The molecule has 2 amide bonds. The number of hydrogen-bond donors (Lipinski definition) is 0. The van der Waals surface area contributed by atoms with Crippen LogP contribution in [0.25, 0.3) is 0 Å². The number of benzene rings is 1. The summed E-state index contributed by atoms with van der Waals surface area (Å²) < 4.78 is 15.8. The highest BCUT2D eigenvalue weighted by molar-refractivity contribution is 6.32. The second kappa shape index (κ2) is 11.1. The minimum absolute atomic E-state index is 0.0734. The number of likely N-dealkylation sites (N-methyl/N-ethyl adjacent to an activating group) is 1. The van der Waals surface area contributed by atoms with Crippen molar-refractivity contribution in [1.82, 2.24) is 9.80 Å². The van der Waals surface area contributed by atoms with Crippen LogP contribution in [0.4, 0.5) is 0 Å². The average Bonchev–Trinajstić information content (AvgIpc) is 2.74. The Balaban J connectivity index is 1.98. The first-order chi connectivity index (χ1) is 14.3. The minimum Gasteiger partial charge on any atom is -0.493 e. The number of rotatable bonds is 8. The lowest BCUT2D eigenvalue weighted by Crippen LogP contribution is -2.45. The van der Waals surface area contributed by atoms with Gasteiger partial charge in [-0.1, -0.05) is 11.6 Å². The number of carbonyl (C=O) groups is 3. The third kappa shape index (κ3) is 5.78. The zero-order valence-corrected chi connectivity index (χ0v) is 18.7. The summed E-state index contributed by atoms with van der Waals surface area (Å²) in [4.78, 5) is 40.3. The van der Waals surface area contributed by atoms with E-state index in [1.807, 2.05) is 6.92 Å². The molecule has 30 heavy (non-hydrogen) atoms. The molecule has 1 saturated heterocycles. The van der Waals surface area contributed by atoms with Crippen LogP contribution in [0.15, 0.2) is 12.1 Å². The Bertz CT molecular complexity index is 777. The number of hydrogen-bond acceptors (Lipinski definition) is 6.